The Labute approximate surface area is 182 Å². The number of alkyl halides is 3. The summed E-state index contributed by atoms with van der Waals surface area (Å²) >= 11 is 0. The van der Waals surface area contributed by atoms with Crippen LogP contribution in [0.3, 0.4) is 0 Å². The summed E-state index contributed by atoms with van der Waals surface area (Å²) in [6, 6.07) is 17.2. The van der Waals surface area contributed by atoms with Crippen molar-refractivity contribution in [2.24, 2.45) is 0 Å². The van der Waals surface area contributed by atoms with E-state index in [1.807, 2.05) is 0 Å². The summed E-state index contributed by atoms with van der Waals surface area (Å²) in [4.78, 5) is 2.52. The first-order valence-electron chi connectivity index (χ1n) is 9.66. The zero-order chi connectivity index (χ0) is 22.9. The van der Waals surface area contributed by atoms with Crippen molar-refractivity contribution in [2.75, 3.05) is 6.54 Å². The van der Waals surface area contributed by atoms with Crippen molar-refractivity contribution in [1.29, 1.82) is 0 Å². The molecule has 0 atom stereocenters. The summed E-state index contributed by atoms with van der Waals surface area (Å²) < 4.78 is 81.6. The van der Waals surface area contributed by atoms with Gasteiger partial charge in [0.2, 0.25) is 10.0 Å². The first-order chi connectivity index (χ1) is 15.1. The molecule has 4 nitrogen and oxygen atoms in total. The molecule has 4 aromatic rings. The van der Waals surface area contributed by atoms with E-state index in [9.17, 15) is 26.0 Å². The minimum atomic E-state index is -4.73. The maximum absolute atomic E-state index is 13.5. The molecule has 4 rings (SSSR count). The summed E-state index contributed by atoms with van der Waals surface area (Å²) in [5, 5.41) is 0.789. The van der Waals surface area contributed by atoms with Crippen molar-refractivity contribution < 1.29 is 26.0 Å². The molecule has 0 saturated heterocycles. The zero-order valence-corrected chi connectivity index (χ0v) is 17.4. The van der Waals surface area contributed by atoms with Crippen molar-refractivity contribution in [3.63, 3.8) is 0 Å². The SMILES string of the molecule is O=S(=O)(NCCc1cccc(F)c1)c1cc(-c2cc3ccccc3[nH]2)cc(C(F)(F)F)c1. The Bertz CT molecular complexity index is 1350. The normalized spacial score (nSPS) is 12.4. The van der Waals surface area contributed by atoms with Gasteiger partial charge in [-0.15, -0.1) is 0 Å². The van der Waals surface area contributed by atoms with E-state index in [0.29, 0.717) is 17.3 Å². The van der Waals surface area contributed by atoms with E-state index in [-0.39, 0.29) is 18.5 Å². The number of fused-ring (bicyclic) bond motifs is 1. The molecule has 0 aliphatic heterocycles. The molecule has 0 spiro atoms. The lowest BCUT2D eigenvalue weighted by molar-refractivity contribution is -0.137. The number of rotatable bonds is 6. The first kappa shape index (κ1) is 22.0. The Morgan fingerprint density at radius 2 is 1.69 bits per heavy atom. The van der Waals surface area contributed by atoms with Crippen LogP contribution >= 0.6 is 0 Å². The van der Waals surface area contributed by atoms with E-state index >= 15 is 0 Å². The summed E-state index contributed by atoms with van der Waals surface area (Å²) in [7, 11) is -4.24. The van der Waals surface area contributed by atoms with Gasteiger partial charge in [0.1, 0.15) is 5.82 Å². The molecule has 0 amide bonds. The van der Waals surface area contributed by atoms with Gasteiger partial charge >= 0.3 is 6.18 Å². The van der Waals surface area contributed by atoms with Crippen LogP contribution in [0.2, 0.25) is 0 Å². The third-order valence-electron chi connectivity index (χ3n) is 4.98. The number of aromatic amines is 1. The van der Waals surface area contributed by atoms with Crippen molar-refractivity contribution in [2.45, 2.75) is 17.5 Å². The fraction of sp³-hybridized carbons (Fsp3) is 0.130. The number of halogens is 4. The van der Waals surface area contributed by atoms with Gasteiger partial charge in [-0.2, -0.15) is 13.2 Å². The summed E-state index contributed by atoms with van der Waals surface area (Å²) in [5.74, 6) is -0.453. The van der Waals surface area contributed by atoms with E-state index in [1.54, 1.807) is 36.4 Å². The fourth-order valence-electron chi connectivity index (χ4n) is 3.41. The van der Waals surface area contributed by atoms with Crippen LogP contribution in [0.15, 0.2) is 77.7 Å². The number of para-hydroxylation sites is 1. The molecule has 0 aliphatic rings. The average Bonchev–Trinajstić information content (AvgIpc) is 3.17. The van der Waals surface area contributed by atoms with Crippen LogP contribution < -0.4 is 4.72 Å². The quantitative estimate of drug-likeness (QED) is 0.371. The lowest BCUT2D eigenvalue weighted by atomic mass is 10.1. The maximum atomic E-state index is 13.5. The Morgan fingerprint density at radius 1 is 0.906 bits per heavy atom. The van der Waals surface area contributed by atoms with Gasteiger partial charge in [-0.25, -0.2) is 17.5 Å². The zero-order valence-electron chi connectivity index (χ0n) is 16.6. The smallest absolute Gasteiger partial charge is 0.355 e. The number of hydrogen-bond acceptors (Lipinski definition) is 2. The molecule has 1 aromatic heterocycles. The van der Waals surface area contributed by atoms with Gasteiger partial charge in [0.15, 0.2) is 0 Å². The van der Waals surface area contributed by atoms with Crippen LogP contribution in [0.5, 0.6) is 0 Å². The van der Waals surface area contributed by atoms with Gasteiger partial charge in [-0.05, 0) is 60.0 Å². The standard InChI is InChI=1S/C23H18F4N2O2S/c24-19-6-3-4-15(10-19)8-9-28-32(30,31)20-12-17(11-18(14-20)23(25,26)27)22-13-16-5-1-2-7-21(16)29-22/h1-7,10-14,28-29H,8-9H2. The molecule has 0 aliphatic carbocycles. The van der Waals surface area contributed by atoms with Gasteiger partial charge < -0.3 is 4.98 Å². The number of aromatic nitrogens is 1. The van der Waals surface area contributed by atoms with E-state index in [1.165, 1.54) is 24.3 Å². The van der Waals surface area contributed by atoms with Gasteiger partial charge in [0.05, 0.1) is 10.5 Å². The molecule has 1 heterocycles. The average molecular weight is 462 g/mol. The van der Waals surface area contributed by atoms with Crippen molar-refractivity contribution in [3.8, 4) is 11.3 Å². The van der Waals surface area contributed by atoms with Gasteiger partial charge in [0.25, 0.3) is 0 Å². The number of sulfonamides is 1. The molecule has 166 valence electrons. The van der Waals surface area contributed by atoms with Gasteiger partial charge in [-0.1, -0.05) is 30.3 Å². The Morgan fingerprint density at radius 3 is 2.41 bits per heavy atom. The van der Waals surface area contributed by atoms with Crippen LogP contribution in [0.1, 0.15) is 11.1 Å². The second kappa shape index (κ2) is 8.40. The lowest BCUT2D eigenvalue weighted by Crippen LogP contribution is -2.26. The Kier molecular flexibility index (Phi) is 5.79. The molecule has 9 heteroatoms. The fourth-order valence-corrected chi connectivity index (χ4v) is 4.51. The molecule has 3 aromatic carbocycles. The lowest BCUT2D eigenvalue weighted by Gasteiger charge is -2.13. The highest BCUT2D eigenvalue weighted by molar-refractivity contribution is 7.89. The van der Waals surface area contributed by atoms with Crippen molar-refractivity contribution >= 4 is 20.9 Å². The molecule has 32 heavy (non-hydrogen) atoms. The molecule has 0 saturated carbocycles. The summed E-state index contributed by atoms with van der Waals surface area (Å²) in [6.07, 6.45) is -4.54. The van der Waals surface area contributed by atoms with Crippen LogP contribution in [-0.2, 0) is 22.6 Å². The predicted molar refractivity (Wildman–Crippen MR) is 114 cm³/mol. The summed E-state index contributed by atoms with van der Waals surface area (Å²) in [5.41, 5.74) is 0.683. The van der Waals surface area contributed by atoms with Crippen LogP contribution in [0.25, 0.3) is 22.2 Å². The van der Waals surface area contributed by atoms with E-state index in [4.69, 9.17) is 0 Å². The number of hydrogen-bond donors (Lipinski definition) is 2. The highest BCUT2D eigenvalue weighted by atomic mass is 32.2. The number of benzene rings is 3. The molecule has 0 radical (unpaired) electrons. The van der Waals surface area contributed by atoms with Crippen molar-refractivity contribution in [3.05, 3.63) is 89.7 Å². The minimum Gasteiger partial charge on any atom is -0.355 e. The largest absolute Gasteiger partial charge is 0.416 e. The van der Waals surface area contributed by atoms with Crippen LogP contribution in [-0.4, -0.2) is 19.9 Å². The maximum Gasteiger partial charge on any atom is 0.416 e. The van der Waals surface area contributed by atoms with Crippen molar-refractivity contribution in [1.82, 2.24) is 9.71 Å². The first-order valence-corrected chi connectivity index (χ1v) is 11.1. The topological polar surface area (TPSA) is 62.0 Å². The van der Waals surface area contributed by atoms with E-state index < -0.39 is 32.5 Å². The monoisotopic (exact) mass is 462 g/mol. The number of H-pyrrole nitrogens is 1. The van der Waals surface area contributed by atoms with E-state index in [2.05, 4.69) is 9.71 Å². The highest BCUT2D eigenvalue weighted by Crippen LogP contribution is 2.35. The Balaban J connectivity index is 1.66. The second-order valence-electron chi connectivity index (χ2n) is 7.29. The highest BCUT2D eigenvalue weighted by Gasteiger charge is 2.33. The second-order valence-corrected chi connectivity index (χ2v) is 9.06. The van der Waals surface area contributed by atoms with Crippen LogP contribution in [0, 0.1) is 5.82 Å². The third-order valence-corrected chi connectivity index (χ3v) is 6.42. The molecule has 0 fully saturated rings. The predicted octanol–water partition coefficient (Wildman–Crippen LogP) is 5.51. The number of nitrogens with one attached hydrogen (secondary N) is 2. The van der Waals surface area contributed by atoms with E-state index in [0.717, 1.165) is 17.0 Å². The third kappa shape index (κ3) is 4.84. The minimum absolute atomic E-state index is 0.0935. The molecular weight excluding hydrogens is 444 g/mol. The van der Waals surface area contributed by atoms with Gasteiger partial charge in [0, 0.05) is 23.1 Å². The Hall–Kier alpha value is -3.17. The van der Waals surface area contributed by atoms with Gasteiger partial charge in [-0.3, -0.25) is 0 Å². The van der Waals surface area contributed by atoms with Crippen LogP contribution in [0.4, 0.5) is 17.6 Å². The molecule has 2 N–H and O–H groups in total. The summed E-state index contributed by atoms with van der Waals surface area (Å²) in [6.45, 7) is -0.0935. The molecular formula is C23H18F4N2O2S. The molecule has 0 unspecified atom stereocenters. The molecule has 0 bridgehead atoms.